The molecule has 4 nitrogen and oxygen atoms in total. The van der Waals surface area contributed by atoms with Crippen LogP contribution in [0.1, 0.15) is 15.2 Å². The second-order valence-electron chi connectivity index (χ2n) is 4.42. The van der Waals surface area contributed by atoms with Gasteiger partial charge in [-0.15, -0.1) is 11.3 Å². The summed E-state index contributed by atoms with van der Waals surface area (Å²) >= 11 is 6.82. The van der Waals surface area contributed by atoms with Crippen LogP contribution in [-0.4, -0.2) is 25.0 Å². The third kappa shape index (κ3) is 5.75. The molecule has 0 saturated carbocycles. The third-order valence-corrected chi connectivity index (χ3v) is 3.98. The maximum Gasteiger partial charge on any atom is 0.387 e. The minimum absolute atomic E-state index is 0.0185. The predicted molar refractivity (Wildman–Crippen MR) is 86.7 cm³/mol. The molecule has 1 heterocycles. The molecule has 2 aromatic rings. The lowest BCUT2D eigenvalue weighted by Crippen LogP contribution is -2.11. The molecule has 0 saturated heterocycles. The molecule has 0 aliphatic rings. The zero-order valence-corrected chi connectivity index (χ0v) is 13.7. The summed E-state index contributed by atoms with van der Waals surface area (Å²) in [4.78, 5) is 23.7. The van der Waals surface area contributed by atoms with Crippen LogP contribution in [0.4, 0.5) is 8.78 Å². The lowest BCUT2D eigenvalue weighted by Gasteiger charge is -2.03. The molecule has 24 heavy (non-hydrogen) atoms. The minimum Gasteiger partial charge on any atom is -0.454 e. The Bertz CT molecular complexity index is 741. The molecule has 0 radical (unpaired) electrons. The van der Waals surface area contributed by atoms with Gasteiger partial charge >= 0.3 is 12.6 Å². The Morgan fingerprint density at radius 3 is 2.46 bits per heavy atom. The fourth-order valence-corrected chi connectivity index (χ4v) is 2.61. The SMILES string of the molecule is O=C(/C=C/c1ccc(OC(F)F)cc1)OCC(=O)c1ccc(Cl)s1. The second-order valence-corrected chi connectivity index (χ2v) is 6.13. The molecule has 2 rings (SSSR count). The van der Waals surface area contributed by atoms with E-state index in [2.05, 4.69) is 4.74 Å². The first kappa shape index (κ1) is 18.1. The van der Waals surface area contributed by atoms with Crippen LogP contribution in [0.15, 0.2) is 42.5 Å². The monoisotopic (exact) mass is 372 g/mol. The summed E-state index contributed by atoms with van der Waals surface area (Å²) in [6.45, 7) is -3.28. The van der Waals surface area contributed by atoms with Crippen molar-refractivity contribution in [1.29, 1.82) is 0 Å². The number of alkyl halides is 2. The zero-order valence-electron chi connectivity index (χ0n) is 12.1. The number of halogens is 3. The quantitative estimate of drug-likeness (QED) is 0.409. The number of esters is 1. The summed E-state index contributed by atoms with van der Waals surface area (Å²) < 4.78 is 33.5. The molecule has 0 aliphatic carbocycles. The molecule has 0 N–H and O–H groups in total. The summed E-state index contributed by atoms with van der Waals surface area (Å²) in [7, 11) is 0. The Balaban J connectivity index is 1.83. The highest BCUT2D eigenvalue weighted by molar-refractivity contribution is 7.18. The average Bonchev–Trinajstić information content (AvgIpc) is 2.98. The standard InChI is InChI=1S/C16H11ClF2O4S/c17-14-7-6-13(24-14)12(20)9-22-15(21)8-3-10-1-4-11(5-2-10)23-16(18)19/h1-8,16H,9H2/b8-3+. The van der Waals surface area contributed by atoms with Crippen LogP contribution in [0.3, 0.4) is 0 Å². The number of carbonyl (C=O) groups excluding carboxylic acids is 2. The summed E-state index contributed by atoms with van der Waals surface area (Å²) in [6.07, 6.45) is 2.57. The van der Waals surface area contributed by atoms with Crippen molar-refractivity contribution in [2.75, 3.05) is 6.61 Å². The molecule has 0 spiro atoms. The van der Waals surface area contributed by atoms with Gasteiger partial charge in [0.2, 0.25) is 5.78 Å². The first-order chi connectivity index (χ1) is 11.4. The molecule has 0 fully saturated rings. The van der Waals surface area contributed by atoms with Gasteiger partial charge in [-0.05, 0) is 35.9 Å². The van der Waals surface area contributed by atoms with E-state index >= 15 is 0 Å². The molecule has 0 atom stereocenters. The Morgan fingerprint density at radius 1 is 1.17 bits per heavy atom. The van der Waals surface area contributed by atoms with Gasteiger partial charge in [0.05, 0.1) is 9.21 Å². The van der Waals surface area contributed by atoms with E-state index in [1.165, 1.54) is 30.3 Å². The first-order valence-corrected chi connectivity index (χ1v) is 7.82. The fourth-order valence-electron chi connectivity index (χ4n) is 1.64. The highest BCUT2D eigenvalue weighted by atomic mass is 35.5. The van der Waals surface area contributed by atoms with Gasteiger partial charge in [-0.25, -0.2) is 4.79 Å². The second kappa shape index (κ2) is 8.56. The van der Waals surface area contributed by atoms with Gasteiger partial charge < -0.3 is 9.47 Å². The molecule has 0 bridgehead atoms. The Morgan fingerprint density at radius 2 is 1.88 bits per heavy atom. The van der Waals surface area contributed by atoms with Crippen molar-refractivity contribution >= 4 is 40.8 Å². The number of benzene rings is 1. The van der Waals surface area contributed by atoms with E-state index in [1.54, 1.807) is 12.1 Å². The van der Waals surface area contributed by atoms with Crippen LogP contribution in [-0.2, 0) is 9.53 Å². The summed E-state index contributed by atoms with van der Waals surface area (Å²) in [6, 6.07) is 8.84. The molecule has 0 amide bonds. The van der Waals surface area contributed by atoms with Crippen LogP contribution < -0.4 is 4.74 Å². The van der Waals surface area contributed by atoms with Crippen molar-refractivity contribution in [1.82, 2.24) is 0 Å². The molecule has 1 aromatic carbocycles. The van der Waals surface area contributed by atoms with Gasteiger partial charge in [0.1, 0.15) is 5.75 Å². The summed E-state index contributed by atoms with van der Waals surface area (Å²) in [5.41, 5.74) is 0.588. The Kier molecular flexibility index (Phi) is 6.45. The zero-order chi connectivity index (χ0) is 17.5. The van der Waals surface area contributed by atoms with Crippen molar-refractivity contribution in [2.45, 2.75) is 6.61 Å². The van der Waals surface area contributed by atoms with Crippen LogP contribution in [0, 0.1) is 0 Å². The van der Waals surface area contributed by atoms with E-state index < -0.39 is 12.6 Å². The molecular weight excluding hydrogens is 362 g/mol. The first-order valence-electron chi connectivity index (χ1n) is 6.62. The molecule has 0 aliphatic heterocycles. The number of hydrogen-bond acceptors (Lipinski definition) is 5. The van der Waals surface area contributed by atoms with Crippen molar-refractivity contribution in [3.63, 3.8) is 0 Å². The number of Topliss-reactive ketones (excluding diaryl/α,β-unsaturated/α-hetero) is 1. The van der Waals surface area contributed by atoms with Gasteiger partial charge in [0.15, 0.2) is 6.61 Å². The molecular formula is C16H11ClF2O4S. The van der Waals surface area contributed by atoms with Crippen molar-refractivity contribution in [3.8, 4) is 5.75 Å². The van der Waals surface area contributed by atoms with Gasteiger partial charge in [-0.2, -0.15) is 8.78 Å². The van der Waals surface area contributed by atoms with Gasteiger partial charge in [-0.3, -0.25) is 4.79 Å². The fraction of sp³-hybridized carbons (Fsp3) is 0.125. The van der Waals surface area contributed by atoms with Gasteiger partial charge in [0.25, 0.3) is 0 Å². The maximum atomic E-state index is 12.0. The molecule has 0 unspecified atom stereocenters. The van der Waals surface area contributed by atoms with Gasteiger partial charge in [0, 0.05) is 6.08 Å². The Labute approximate surface area is 145 Å². The van der Waals surface area contributed by atoms with Crippen molar-refractivity contribution in [2.24, 2.45) is 0 Å². The molecule has 126 valence electrons. The summed E-state index contributed by atoms with van der Waals surface area (Å²) in [5.74, 6) is -1.02. The highest BCUT2D eigenvalue weighted by Crippen LogP contribution is 2.21. The lowest BCUT2D eigenvalue weighted by atomic mass is 10.2. The topological polar surface area (TPSA) is 52.6 Å². The third-order valence-electron chi connectivity index (χ3n) is 2.71. The minimum atomic E-state index is -2.89. The van der Waals surface area contributed by atoms with Crippen molar-refractivity contribution in [3.05, 3.63) is 57.3 Å². The number of hydrogen-bond donors (Lipinski definition) is 0. The van der Waals surface area contributed by atoms with E-state index in [9.17, 15) is 18.4 Å². The molecule has 1 aromatic heterocycles. The van der Waals surface area contributed by atoms with Crippen molar-refractivity contribution < 1.29 is 27.8 Å². The van der Waals surface area contributed by atoms with E-state index in [4.69, 9.17) is 16.3 Å². The predicted octanol–water partition coefficient (Wildman–Crippen LogP) is 4.44. The maximum absolute atomic E-state index is 12.0. The van der Waals surface area contributed by atoms with E-state index in [-0.39, 0.29) is 18.1 Å². The van der Waals surface area contributed by atoms with Crippen LogP contribution in [0.25, 0.3) is 6.08 Å². The van der Waals surface area contributed by atoms with Crippen LogP contribution in [0.5, 0.6) is 5.75 Å². The van der Waals surface area contributed by atoms with Crippen LogP contribution in [0.2, 0.25) is 4.34 Å². The van der Waals surface area contributed by atoms with E-state index in [0.29, 0.717) is 14.8 Å². The number of carbonyl (C=O) groups is 2. The average molecular weight is 373 g/mol. The Hall–Kier alpha value is -2.25. The molecule has 8 heteroatoms. The number of ketones is 1. The number of ether oxygens (including phenoxy) is 2. The number of rotatable bonds is 7. The lowest BCUT2D eigenvalue weighted by molar-refractivity contribution is -0.136. The summed E-state index contributed by atoms with van der Waals surface area (Å²) in [5, 5.41) is 0. The largest absolute Gasteiger partial charge is 0.454 e. The highest BCUT2D eigenvalue weighted by Gasteiger charge is 2.10. The number of thiophene rings is 1. The normalized spacial score (nSPS) is 11.0. The van der Waals surface area contributed by atoms with E-state index in [0.717, 1.165) is 17.4 Å². The van der Waals surface area contributed by atoms with Crippen LogP contribution >= 0.6 is 22.9 Å². The van der Waals surface area contributed by atoms with E-state index in [1.807, 2.05) is 0 Å². The smallest absolute Gasteiger partial charge is 0.387 e. The van der Waals surface area contributed by atoms with Gasteiger partial charge in [-0.1, -0.05) is 23.7 Å².